The zero-order chi connectivity index (χ0) is 13.5. The molecule has 1 aliphatic heterocycles. The van der Waals surface area contributed by atoms with Crippen molar-refractivity contribution in [1.29, 1.82) is 0 Å². The van der Waals surface area contributed by atoms with Crippen molar-refractivity contribution in [2.75, 3.05) is 18.5 Å². The fourth-order valence-electron chi connectivity index (χ4n) is 1.87. The maximum absolute atomic E-state index is 11.8. The molecule has 3 N–H and O–H groups in total. The third-order valence-electron chi connectivity index (χ3n) is 2.75. The Bertz CT molecular complexity index is 484. The first-order valence-corrected chi connectivity index (χ1v) is 7.16. The van der Waals surface area contributed by atoms with Crippen LogP contribution in [-0.2, 0) is 9.53 Å². The third-order valence-corrected chi connectivity index (χ3v) is 3.58. The standard InChI is InChI=1S/C13H17N3O2S/c14-6-3-5-11-9-15-13(19-11)16-12(17)8-10-4-1-2-7-18-10/h9-10H,1-2,4,6-8,14H2,(H,15,16,17). The SMILES string of the molecule is NCC#Cc1cnc(NC(=O)CC2CCCCO2)s1. The average molecular weight is 279 g/mol. The predicted octanol–water partition coefficient (Wildman–Crippen LogP) is 1.35. The highest BCUT2D eigenvalue weighted by molar-refractivity contribution is 7.16. The molecule has 1 fully saturated rings. The maximum Gasteiger partial charge on any atom is 0.228 e. The van der Waals surface area contributed by atoms with E-state index in [0.29, 0.717) is 18.1 Å². The van der Waals surface area contributed by atoms with Crippen LogP contribution < -0.4 is 11.1 Å². The van der Waals surface area contributed by atoms with Gasteiger partial charge in [-0.05, 0) is 19.3 Å². The molecule has 2 heterocycles. The summed E-state index contributed by atoms with van der Waals surface area (Å²) >= 11 is 1.35. The van der Waals surface area contributed by atoms with E-state index in [1.165, 1.54) is 11.3 Å². The molecule has 1 aromatic heterocycles. The summed E-state index contributed by atoms with van der Waals surface area (Å²) in [6.07, 6.45) is 5.26. The van der Waals surface area contributed by atoms with Crippen molar-refractivity contribution in [1.82, 2.24) is 4.98 Å². The molecule has 1 aliphatic rings. The molecule has 19 heavy (non-hydrogen) atoms. The zero-order valence-electron chi connectivity index (χ0n) is 10.6. The Morgan fingerprint density at radius 2 is 2.53 bits per heavy atom. The van der Waals surface area contributed by atoms with Crippen molar-refractivity contribution in [3.63, 3.8) is 0 Å². The summed E-state index contributed by atoms with van der Waals surface area (Å²) in [5.74, 6) is 5.58. The van der Waals surface area contributed by atoms with Gasteiger partial charge in [-0.15, -0.1) is 0 Å². The highest BCUT2D eigenvalue weighted by atomic mass is 32.1. The Morgan fingerprint density at radius 1 is 1.63 bits per heavy atom. The molecule has 1 saturated heterocycles. The smallest absolute Gasteiger partial charge is 0.228 e. The first-order valence-electron chi connectivity index (χ1n) is 6.34. The molecule has 102 valence electrons. The number of nitrogens with one attached hydrogen (secondary N) is 1. The van der Waals surface area contributed by atoms with Crippen LogP contribution in [0.3, 0.4) is 0 Å². The number of ether oxygens (including phenoxy) is 1. The lowest BCUT2D eigenvalue weighted by molar-refractivity contribution is -0.119. The average Bonchev–Trinajstić information content (AvgIpc) is 2.85. The first kappa shape index (κ1) is 14.0. The molecule has 2 rings (SSSR count). The Balaban J connectivity index is 1.82. The van der Waals surface area contributed by atoms with Gasteiger partial charge in [0.15, 0.2) is 5.13 Å². The van der Waals surface area contributed by atoms with E-state index in [-0.39, 0.29) is 12.0 Å². The second-order valence-corrected chi connectivity index (χ2v) is 5.31. The molecule has 0 aromatic carbocycles. The second kappa shape index (κ2) is 7.24. The summed E-state index contributed by atoms with van der Waals surface area (Å²) in [6.45, 7) is 1.08. The molecule has 1 aromatic rings. The van der Waals surface area contributed by atoms with E-state index in [2.05, 4.69) is 22.1 Å². The van der Waals surface area contributed by atoms with Gasteiger partial charge in [0, 0.05) is 6.61 Å². The van der Waals surface area contributed by atoms with Crippen LogP contribution in [0.1, 0.15) is 30.6 Å². The molecular weight excluding hydrogens is 262 g/mol. The van der Waals surface area contributed by atoms with E-state index < -0.39 is 0 Å². The van der Waals surface area contributed by atoms with Crippen molar-refractivity contribution in [2.45, 2.75) is 31.8 Å². The fourth-order valence-corrected chi connectivity index (χ4v) is 2.58. The first-order chi connectivity index (χ1) is 9.28. The summed E-state index contributed by atoms with van der Waals surface area (Å²) < 4.78 is 5.53. The van der Waals surface area contributed by atoms with Gasteiger partial charge in [0.2, 0.25) is 5.91 Å². The Kier molecular flexibility index (Phi) is 5.33. The van der Waals surface area contributed by atoms with Crippen molar-refractivity contribution < 1.29 is 9.53 Å². The number of nitrogens with zero attached hydrogens (tertiary/aromatic N) is 1. The van der Waals surface area contributed by atoms with E-state index in [1.54, 1.807) is 6.20 Å². The van der Waals surface area contributed by atoms with Crippen LogP contribution in [-0.4, -0.2) is 30.1 Å². The van der Waals surface area contributed by atoms with Gasteiger partial charge in [-0.1, -0.05) is 23.2 Å². The highest BCUT2D eigenvalue weighted by Crippen LogP contribution is 2.19. The maximum atomic E-state index is 11.8. The number of amides is 1. The molecule has 1 amide bonds. The molecule has 0 aliphatic carbocycles. The van der Waals surface area contributed by atoms with Crippen LogP contribution >= 0.6 is 11.3 Å². The number of nitrogens with two attached hydrogens (primary N) is 1. The molecule has 6 heteroatoms. The van der Waals surface area contributed by atoms with Crippen molar-refractivity contribution in [2.24, 2.45) is 5.73 Å². The minimum Gasteiger partial charge on any atom is -0.378 e. The minimum absolute atomic E-state index is 0.0465. The van der Waals surface area contributed by atoms with Crippen LogP contribution in [0.5, 0.6) is 0 Å². The van der Waals surface area contributed by atoms with Crippen LogP contribution in [0.25, 0.3) is 0 Å². The Hall–Kier alpha value is -1.42. The van der Waals surface area contributed by atoms with Crippen molar-refractivity contribution in [3.8, 4) is 11.8 Å². The largest absolute Gasteiger partial charge is 0.378 e. The highest BCUT2D eigenvalue weighted by Gasteiger charge is 2.18. The summed E-state index contributed by atoms with van der Waals surface area (Å²) in [6, 6.07) is 0. The molecular formula is C13H17N3O2S. The normalized spacial score (nSPS) is 18.5. The van der Waals surface area contributed by atoms with Crippen LogP contribution in [0.15, 0.2) is 6.20 Å². The third kappa shape index (κ3) is 4.63. The monoisotopic (exact) mass is 279 g/mol. The molecule has 0 spiro atoms. The molecule has 5 nitrogen and oxygen atoms in total. The Morgan fingerprint density at radius 3 is 3.26 bits per heavy atom. The number of aromatic nitrogens is 1. The van der Waals surface area contributed by atoms with Crippen molar-refractivity contribution >= 4 is 22.4 Å². The summed E-state index contributed by atoms with van der Waals surface area (Å²) in [7, 11) is 0. The quantitative estimate of drug-likeness (QED) is 0.819. The lowest BCUT2D eigenvalue weighted by atomic mass is 10.1. The van der Waals surface area contributed by atoms with Gasteiger partial charge in [-0.3, -0.25) is 4.79 Å². The number of hydrogen-bond acceptors (Lipinski definition) is 5. The molecule has 1 unspecified atom stereocenters. The number of thiazole rings is 1. The van der Waals surface area contributed by atoms with Gasteiger partial charge in [0.25, 0.3) is 0 Å². The summed E-state index contributed by atoms with van der Waals surface area (Å²) in [4.78, 5) is 16.7. The topological polar surface area (TPSA) is 77.2 Å². The number of carbonyl (C=O) groups is 1. The zero-order valence-corrected chi connectivity index (χ0v) is 11.5. The van der Waals surface area contributed by atoms with Gasteiger partial charge >= 0.3 is 0 Å². The summed E-state index contributed by atoms with van der Waals surface area (Å²) in [5.41, 5.74) is 5.29. The Labute approximate surface area is 116 Å². The van der Waals surface area contributed by atoms with Crippen LogP contribution in [0.4, 0.5) is 5.13 Å². The van der Waals surface area contributed by atoms with E-state index in [1.807, 2.05) is 0 Å². The lowest BCUT2D eigenvalue weighted by Gasteiger charge is -2.21. The predicted molar refractivity (Wildman–Crippen MR) is 74.9 cm³/mol. The number of hydrogen-bond donors (Lipinski definition) is 2. The van der Waals surface area contributed by atoms with E-state index >= 15 is 0 Å². The van der Waals surface area contributed by atoms with E-state index in [4.69, 9.17) is 10.5 Å². The summed E-state index contributed by atoms with van der Waals surface area (Å²) in [5, 5.41) is 3.35. The van der Waals surface area contributed by atoms with E-state index in [0.717, 1.165) is 30.7 Å². The fraction of sp³-hybridized carbons (Fsp3) is 0.538. The second-order valence-electron chi connectivity index (χ2n) is 4.28. The number of anilines is 1. The van der Waals surface area contributed by atoms with Gasteiger partial charge in [0.1, 0.15) is 0 Å². The molecule has 0 bridgehead atoms. The molecule has 0 radical (unpaired) electrons. The van der Waals surface area contributed by atoms with E-state index in [9.17, 15) is 4.79 Å². The molecule has 0 saturated carbocycles. The van der Waals surface area contributed by atoms with Crippen LogP contribution in [0, 0.1) is 11.8 Å². The van der Waals surface area contributed by atoms with Gasteiger partial charge in [0.05, 0.1) is 30.1 Å². The number of carbonyl (C=O) groups excluding carboxylic acids is 1. The van der Waals surface area contributed by atoms with Gasteiger partial charge in [-0.25, -0.2) is 4.98 Å². The number of rotatable bonds is 3. The van der Waals surface area contributed by atoms with Crippen molar-refractivity contribution in [3.05, 3.63) is 11.1 Å². The molecule has 1 atom stereocenters. The van der Waals surface area contributed by atoms with Gasteiger partial charge in [-0.2, -0.15) is 0 Å². The minimum atomic E-state index is -0.0559. The lowest BCUT2D eigenvalue weighted by Crippen LogP contribution is -2.25. The van der Waals surface area contributed by atoms with Gasteiger partial charge < -0.3 is 15.8 Å². The van der Waals surface area contributed by atoms with Crippen LogP contribution in [0.2, 0.25) is 0 Å².